The lowest BCUT2D eigenvalue weighted by Crippen LogP contribution is -2.16. The highest BCUT2D eigenvalue weighted by atomic mass is 32.1. The normalized spacial score (nSPS) is 12.8. The molecule has 1 aliphatic carbocycles. The van der Waals surface area contributed by atoms with Crippen LogP contribution in [0.4, 0.5) is 10.8 Å². The third kappa shape index (κ3) is 3.69. The number of hydrogen-bond donors (Lipinski definition) is 1. The van der Waals surface area contributed by atoms with Crippen molar-refractivity contribution in [2.45, 2.75) is 39.2 Å². The Bertz CT molecular complexity index is 1190. The molecule has 0 atom stereocenters. The molecule has 9 heteroatoms. The van der Waals surface area contributed by atoms with Gasteiger partial charge in [-0.3, -0.25) is 4.79 Å². The summed E-state index contributed by atoms with van der Waals surface area (Å²) in [4.78, 5) is 24.7. The number of nitrogens with one attached hydrogen (secondary N) is 1. The van der Waals surface area contributed by atoms with E-state index in [1.807, 2.05) is 6.07 Å². The Morgan fingerprint density at radius 3 is 2.87 bits per heavy atom. The Balaban J connectivity index is 1.62. The number of aryl methyl sites for hydroxylation is 2. The highest BCUT2D eigenvalue weighted by molar-refractivity contribution is 7.16. The summed E-state index contributed by atoms with van der Waals surface area (Å²) in [7, 11) is 0. The van der Waals surface area contributed by atoms with Crippen molar-refractivity contribution in [3.05, 3.63) is 73.3 Å². The first-order valence-corrected chi connectivity index (χ1v) is 10.4. The SMILES string of the molecule is Cc1cc([N+](=O)[O-])nn1Cc1ccccc1C(=O)Nc1sc2c(c1C#N)CCCC2. The van der Waals surface area contributed by atoms with Gasteiger partial charge in [0.25, 0.3) is 5.91 Å². The van der Waals surface area contributed by atoms with E-state index in [4.69, 9.17) is 0 Å². The van der Waals surface area contributed by atoms with Crippen molar-refractivity contribution >= 4 is 28.1 Å². The number of nitro groups is 1. The monoisotopic (exact) mass is 421 g/mol. The van der Waals surface area contributed by atoms with Crippen LogP contribution >= 0.6 is 11.3 Å². The molecule has 1 aliphatic rings. The minimum atomic E-state index is -0.538. The molecule has 0 fully saturated rings. The smallest absolute Gasteiger partial charge is 0.358 e. The average molecular weight is 421 g/mol. The zero-order valence-electron chi connectivity index (χ0n) is 16.3. The number of carbonyl (C=O) groups excluding carboxylic acids is 1. The van der Waals surface area contributed by atoms with Crippen LogP contribution in [0.25, 0.3) is 0 Å². The first-order chi connectivity index (χ1) is 14.5. The van der Waals surface area contributed by atoms with E-state index in [2.05, 4.69) is 16.5 Å². The summed E-state index contributed by atoms with van der Waals surface area (Å²) in [6, 6.07) is 10.7. The molecule has 152 valence electrons. The highest BCUT2D eigenvalue weighted by Crippen LogP contribution is 2.37. The molecule has 0 saturated heterocycles. The van der Waals surface area contributed by atoms with Gasteiger partial charge in [-0.05, 0) is 54.7 Å². The largest absolute Gasteiger partial charge is 0.390 e. The van der Waals surface area contributed by atoms with Gasteiger partial charge < -0.3 is 15.4 Å². The molecule has 0 bridgehead atoms. The van der Waals surface area contributed by atoms with E-state index in [-0.39, 0.29) is 18.3 Å². The Morgan fingerprint density at radius 2 is 2.13 bits per heavy atom. The van der Waals surface area contributed by atoms with Crippen LogP contribution < -0.4 is 5.32 Å². The van der Waals surface area contributed by atoms with Crippen LogP contribution in [0.1, 0.15) is 50.5 Å². The van der Waals surface area contributed by atoms with E-state index < -0.39 is 4.92 Å². The number of benzene rings is 1. The second-order valence-corrected chi connectivity index (χ2v) is 8.30. The van der Waals surface area contributed by atoms with E-state index in [1.54, 1.807) is 25.1 Å². The Labute approximate surface area is 176 Å². The van der Waals surface area contributed by atoms with Crippen LogP contribution in [0, 0.1) is 28.4 Å². The maximum atomic E-state index is 13.1. The summed E-state index contributed by atoms with van der Waals surface area (Å²) in [6.07, 6.45) is 3.98. The van der Waals surface area contributed by atoms with Gasteiger partial charge in [-0.2, -0.15) is 9.94 Å². The van der Waals surface area contributed by atoms with Crippen LogP contribution in [0.15, 0.2) is 30.3 Å². The van der Waals surface area contributed by atoms with Gasteiger partial charge in [-0.1, -0.05) is 18.2 Å². The quantitative estimate of drug-likeness (QED) is 0.489. The van der Waals surface area contributed by atoms with Gasteiger partial charge in [0.05, 0.1) is 29.0 Å². The lowest BCUT2D eigenvalue weighted by atomic mass is 9.96. The second kappa shape index (κ2) is 8.08. The van der Waals surface area contributed by atoms with Crippen molar-refractivity contribution in [3.8, 4) is 6.07 Å². The molecule has 1 aromatic carbocycles. The third-order valence-electron chi connectivity index (χ3n) is 5.25. The molecule has 0 saturated carbocycles. The van der Waals surface area contributed by atoms with Gasteiger partial charge in [0, 0.05) is 10.4 Å². The van der Waals surface area contributed by atoms with Gasteiger partial charge in [-0.25, -0.2) is 0 Å². The number of thiophene rings is 1. The molecule has 0 spiro atoms. The van der Waals surface area contributed by atoms with Crippen molar-refractivity contribution in [1.29, 1.82) is 5.26 Å². The van der Waals surface area contributed by atoms with Crippen molar-refractivity contribution in [1.82, 2.24) is 9.78 Å². The van der Waals surface area contributed by atoms with Crippen LogP contribution in [0.5, 0.6) is 0 Å². The predicted octanol–water partition coefficient (Wildman–Crippen LogP) is 4.21. The van der Waals surface area contributed by atoms with Crippen molar-refractivity contribution in [3.63, 3.8) is 0 Å². The van der Waals surface area contributed by atoms with Gasteiger partial charge in [0.2, 0.25) is 0 Å². The number of nitrogens with zero attached hydrogens (tertiary/aromatic N) is 4. The molecule has 1 N–H and O–H groups in total. The lowest BCUT2D eigenvalue weighted by Gasteiger charge is -2.10. The summed E-state index contributed by atoms with van der Waals surface area (Å²) in [5.74, 6) is -0.530. The molecule has 8 nitrogen and oxygen atoms in total. The van der Waals surface area contributed by atoms with Crippen LogP contribution in [-0.2, 0) is 19.4 Å². The number of rotatable bonds is 5. The molecule has 3 aromatic rings. The van der Waals surface area contributed by atoms with E-state index >= 15 is 0 Å². The number of hydrogen-bond acceptors (Lipinski definition) is 6. The summed E-state index contributed by atoms with van der Waals surface area (Å²) in [6.45, 7) is 1.97. The number of aromatic nitrogens is 2. The first kappa shape index (κ1) is 19.8. The zero-order valence-corrected chi connectivity index (χ0v) is 17.2. The van der Waals surface area contributed by atoms with Crippen molar-refractivity contribution < 1.29 is 9.72 Å². The standard InChI is InChI=1S/C21H19N5O3S/c1-13-10-19(26(28)29)24-25(13)12-14-6-2-3-7-15(14)20(27)23-21-17(11-22)16-8-4-5-9-18(16)30-21/h2-3,6-7,10H,4-5,8-9,12H2,1H3,(H,23,27). The fourth-order valence-corrected chi connectivity index (χ4v) is 4.96. The molecule has 0 radical (unpaired) electrons. The maximum Gasteiger partial charge on any atom is 0.390 e. The second-order valence-electron chi connectivity index (χ2n) is 7.20. The van der Waals surface area contributed by atoms with E-state index in [9.17, 15) is 20.2 Å². The first-order valence-electron chi connectivity index (χ1n) is 9.60. The predicted molar refractivity (Wildman–Crippen MR) is 113 cm³/mol. The zero-order chi connectivity index (χ0) is 21.3. The number of carbonyl (C=O) groups is 1. The van der Waals surface area contributed by atoms with Gasteiger partial charge >= 0.3 is 5.82 Å². The molecule has 0 unspecified atom stereocenters. The molecular formula is C21H19N5O3S. The molecule has 0 aliphatic heterocycles. The minimum absolute atomic E-state index is 0.225. The summed E-state index contributed by atoms with van der Waals surface area (Å²) < 4.78 is 1.51. The minimum Gasteiger partial charge on any atom is -0.358 e. The topological polar surface area (TPSA) is 114 Å². The Morgan fingerprint density at radius 1 is 1.37 bits per heavy atom. The average Bonchev–Trinajstić information content (AvgIpc) is 3.28. The molecule has 4 rings (SSSR count). The summed E-state index contributed by atoms with van der Waals surface area (Å²) >= 11 is 1.48. The third-order valence-corrected chi connectivity index (χ3v) is 6.45. The number of nitriles is 1. The van der Waals surface area contributed by atoms with Crippen LogP contribution in [-0.4, -0.2) is 20.6 Å². The Kier molecular flexibility index (Phi) is 5.33. The van der Waals surface area contributed by atoms with Crippen LogP contribution in [0.3, 0.4) is 0 Å². The van der Waals surface area contributed by atoms with E-state index in [1.165, 1.54) is 27.0 Å². The summed E-state index contributed by atoms with van der Waals surface area (Å²) in [5, 5.41) is 28.1. The number of amides is 1. The fraction of sp³-hybridized carbons (Fsp3) is 0.286. The molecule has 30 heavy (non-hydrogen) atoms. The fourth-order valence-electron chi connectivity index (χ4n) is 3.73. The highest BCUT2D eigenvalue weighted by Gasteiger charge is 2.23. The van der Waals surface area contributed by atoms with Crippen molar-refractivity contribution in [2.75, 3.05) is 5.32 Å². The van der Waals surface area contributed by atoms with Gasteiger partial charge in [0.15, 0.2) is 0 Å². The van der Waals surface area contributed by atoms with E-state index in [0.29, 0.717) is 27.4 Å². The lowest BCUT2D eigenvalue weighted by molar-refractivity contribution is -0.389. The van der Waals surface area contributed by atoms with Gasteiger partial charge in [-0.15, -0.1) is 11.3 Å². The number of fused-ring (bicyclic) bond motifs is 1. The van der Waals surface area contributed by atoms with E-state index in [0.717, 1.165) is 31.2 Å². The molecule has 2 heterocycles. The Hall–Kier alpha value is -3.51. The van der Waals surface area contributed by atoms with Crippen LogP contribution in [0.2, 0.25) is 0 Å². The summed E-state index contributed by atoms with van der Waals surface area (Å²) in [5.41, 5.74) is 3.41. The van der Waals surface area contributed by atoms with Gasteiger partial charge in [0.1, 0.15) is 11.1 Å². The molecule has 1 amide bonds. The number of anilines is 1. The molecule has 2 aromatic heterocycles. The van der Waals surface area contributed by atoms with Crippen molar-refractivity contribution in [2.24, 2.45) is 0 Å². The maximum absolute atomic E-state index is 13.1. The molecular weight excluding hydrogens is 402 g/mol.